The molecule has 13 rings (SSSR count). The van der Waals surface area contributed by atoms with Crippen LogP contribution in [0, 0.1) is 0 Å². The van der Waals surface area contributed by atoms with Gasteiger partial charge in [-0.2, -0.15) is 0 Å². The lowest BCUT2D eigenvalue weighted by molar-refractivity contribution is 0.775. The van der Waals surface area contributed by atoms with E-state index in [4.69, 9.17) is 6.85 Å². The maximum Gasteiger partial charge on any atom is 0.0735 e. The molecule has 278 valence electrons. The molecular formula is C59H37N. The van der Waals surface area contributed by atoms with Gasteiger partial charge in [-0.25, -0.2) is 0 Å². The summed E-state index contributed by atoms with van der Waals surface area (Å²) in [5.41, 5.74) is 11.9. The van der Waals surface area contributed by atoms with Crippen molar-refractivity contribution in [1.82, 2.24) is 4.57 Å². The van der Waals surface area contributed by atoms with Gasteiger partial charge >= 0.3 is 0 Å². The second-order valence-corrected chi connectivity index (χ2v) is 15.9. The topological polar surface area (TPSA) is 4.93 Å². The molecule has 1 heterocycles. The first-order chi connectivity index (χ1) is 31.9. The van der Waals surface area contributed by atoms with Gasteiger partial charge in [0.15, 0.2) is 0 Å². The largest absolute Gasteiger partial charge is 0.308 e. The number of rotatable bonds is 5. The van der Waals surface area contributed by atoms with E-state index in [1.54, 1.807) is 0 Å². The molecule has 0 radical (unpaired) electrons. The van der Waals surface area contributed by atoms with Gasteiger partial charge in [-0.1, -0.05) is 218 Å². The fraction of sp³-hybridized carbons (Fsp3) is 0.0169. The number of para-hydroxylation sites is 1. The Balaban J connectivity index is 1.19. The van der Waals surface area contributed by atoms with Gasteiger partial charge < -0.3 is 4.57 Å². The fourth-order valence-corrected chi connectivity index (χ4v) is 10.8. The van der Waals surface area contributed by atoms with Crippen molar-refractivity contribution in [2.24, 2.45) is 0 Å². The Morgan fingerprint density at radius 1 is 0.383 bits per heavy atom. The molecule has 11 aromatic carbocycles. The van der Waals surface area contributed by atoms with Crippen LogP contribution in [-0.2, 0) is 5.41 Å². The highest BCUT2D eigenvalue weighted by atomic mass is 15.0. The monoisotopic (exact) mass is 764 g/mol. The van der Waals surface area contributed by atoms with Crippen LogP contribution in [0.4, 0.5) is 0 Å². The van der Waals surface area contributed by atoms with Crippen LogP contribution in [0.3, 0.4) is 0 Å². The summed E-state index contributed by atoms with van der Waals surface area (Å²) < 4.78 is 45.7. The predicted molar refractivity (Wildman–Crippen MR) is 253 cm³/mol. The van der Waals surface area contributed by atoms with Gasteiger partial charge in [0.1, 0.15) is 0 Å². The molecule has 0 bridgehead atoms. The highest BCUT2D eigenvalue weighted by Crippen LogP contribution is 2.61. The first-order valence-corrected chi connectivity index (χ1v) is 20.5. The van der Waals surface area contributed by atoms with Crippen molar-refractivity contribution in [2.45, 2.75) is 5.41 Å². The number of nitrogens with zero attached hydrogens (tertiary/aromatic N) is 1. The van der Waals surface area contributed by atoms with Crippen molar-refractivity contribution in [2.75, 3.05) is 0 Å². The summed E-state index contributed by atoms with van der Waals surface area (Å²) in [5.74, 6) is 0. The first-order valence-electron chi connectivity index (χ1n) is 23.0. The molecule has 1 heteroatoms. The molecule has 1 aromatic heterocycles. The van der Waals surface area contributed by atoms with E-state index in [-0.39, 0.29) is 29.7 Å². The average molecular weight is 765 g/mol. The minimum absolute atomic E-state index is 0.204. The van der Waals surface area contributed by atoms with Crippen LogP contribution in [0.5, 0.6) is 0 Å². The van der Waals surface area contributed by atoms with Crippen molar-refractivity contribution < 1.29 is 6.85 Å². The lowest BCUT2D eigenvalue weighted by Crippen LogP contribution is -2.28. The quantitative estimate of drug-likeness (QED) is 0.154. The minimum atomic E-state index is -0.635. The van der Waals surface area contributed by atoms with E-state index < -0.39 is 11.5 Å². The van der Waals surface area contributed by atoms with Crippen LogP contribution in [-0.4, -0.2) is 4.57 Å². The maximum absolute atomic E-state index is 8.92. The molecule has 0 atom stereocenters. The molecule has 0 saturated heterocycles. The van der Waals surface area contributed by atoms with Crippen LogP contribution in [0.15, 0.2) is 224 Å². The van der Waals surface area contributed by atoms with Gasteiger partial charge in [-0.3, -0.25) is 0 Å². The maximum atomic E-state index is 8.92. The summed E-state index contributed by atoms with van der Waals surface area (Å²) in [4.78, 5) is 0. The highest BCUT2D eigenvalue weighted by Gasteiger charge is 2.49. The van der Waals surface area contributed by atoms with Crippen LogP contribution >= 0.6 is 0 Å². The molecule has 0 unspecified atom stereocenters. The van der Waals surface area contributed by atoms with Gasteiger partial charge in [0, 0.05) is 27.5 Å². The zero-order chi connectivity index (χ0) is 43.7. The number of hydrogen-bond donors (Lipinski definition) is 0. The number of fused-ring (bicyclic) bond motifs is 6. The van der Waals surface area contributed by atoms with Crippen LogP contribution in [0.1, 0.15) is 29.1 Å². The molecule has 60 heavy (non-hydrogen) atoms. The van der Waals surface area contributed by atoms with E-state index in [9.17, 15) is 0 Å². The molecule has 12 aromatic rings. The lowest BCUT2D eigenvalue weighted by atomic mass is 9.67. The van der Waals surface area contributed by atoms with Gasteiger partial charge in [0.2, 0.25) is 0 Å². The summed E-state index contributed by atoms with van der Waals surface area (Å²) in [5, 5.41) is 9.60. The summed E-state index contributed by atoms with van der Waals surface area (Å²) >= 11 is 0. The van der Waals surface area contributed by atoms with Crippen molar-refractivity contribution in [3.8, 4) is 39.2 Å². The van der Waals surface area contributed by atoms with E-state index in [0.29, 0.717) is 5.56 Å². The van der Waals surface area contributed by atoms with Crippen molar-refractivity contribution in [3.63, 3.8) is 0 Å². The third kappa shape index (κ3) is 4.41. The second-order valence-electron chi connectivity index (χ2n) is 15.9. The molecule has 0 spiro atoms. The normalized spacial score (nSPS) is 14.3. The summed E-state index contributed by atoms with van der Waals surface area (Å²) in [7, 11) is 0. The van der Waals surface area contributed by atoms with E-state index >= 15 is 0 Å². The summed E-state index contributed by atoms with van der Waals surface area (Å²) in [6.45, 7) is 0. The SMILES string of the molecule is [2H]c1c([2H])c([2H])c(-c2ccc3ccc4c(-c5cccc6c7c(n(-c8cccc9ccccc89)c56)-c5ccccc5C7(c5ccccc5)c5ccccc5)ccc5ccc2c3c54)c([2H])c1[2H]. The smallest absolute Gasteiger partial charge is 0.0735 e. The molecule has 1 nitrogen and oxygen atoms in total. The third-order valence-corrected chi connectivity index (χ3v) is 13.1. The lowest BCUT2D eigenvalue weighted by Gasteiger charge is -2.33. The Kier molecular flexibility index (Phi) is 6.03. The minimum Gasteiger partial charge on any atom is -0.308 e. The zero-order valence-electron chi connectivity index (χ0n) is 37.4. The predicted octanol–water partition coefficient (Wildman–Crippen LogP) is 15.4. The first kappa shape index (κ1) is 28.6. The summed E-state index contributed by atoms with van der Waals surface area (Å²) in [6, 6.07) is 68.4. The molecule has 0 aliphatic heterocycles. The molecule has 0 N–H and O–H groups in total. The van der Waals surface area contributed by atoms with Crippen LogP contribution in [0.2, 0.25) is 0 Å². The van der Waals surface area contributed by atoms with Crippen molar-refractivity contribution in [3.05, 3.63) is 247 Å². The zero-order valence-corrected chi connectivity index (χ0v) is 32.4. The Labute approximate surface area is 355 Å². The van der Waals surface area contributed by atoms with E-state index in [1.807, 2.05) is 18.2 Å². The summed E-state index contributed by atoms with van der Waals surface area (Å²) in [6.07, 6.45) is 0. The van der Waals surface area contributed by atoms with Gasteiger partial charge in [-0.15, -0.1) is 0 Å². The third-order valence-electron chi connectivity index (χ3n) is 13.1. The molecular weight excluding hydrogens is 723 g/mol. The fourth-order valence-electron chi connectivity index (χ4n) is 10.8. The Hall–Kier alpha value is -7.74. The standard InChI is InChI=1S/C59H37N/c1-4-16-38(17-5-1)44-34-30-40-33-37-48-46(35-31-41-32-36-47(44)54(40)55(41)48)49-26-15-27-51-56-58(60(57(49)51)53-29-14-19-39-18-10-11-24-45(39)53)50-25-12-13-28-52(50)59(56,42-20-6-2-7-21-42)43-22-8-3-9-23-43/h1-37H/i1D,4D,5D,16D,17D. The van der Waals surface area contributed by atoms with Gasteiger partial charge in [-0.05, 0) is 77.2 Å². The number of aromatic nitrogens is 1. The Bertz CT molecular complexity index is 3870. The van der Waals surface area contributed by atoms with E-state index in [0.717, 1.165) is 60.0 Å². The molecule has 0 fully saturated rings. The molecule has 1 aliphatic rings. The highest BCUT2D eigenvalue weighted by molar-refractivity contribution is 6.28. The Morgan fingerprint density at radius 2 is 0.950 bits per heavy atom. The van der Waals surface area contributed by atoms with Gasteiger partial charge in [0.25, 0.3) is 0 Å². The number of benzene rings is 11. The van der Waals surface area contributed by atoms with Crippen LogP contribution < -0.4 is 0 Å². The average Bonchev–Trinajstić information content (AvgIpc) is 3.86. The number of hydrogen-bond acceptors (Lipinski definition) is 0. The molecule has 1 aliphatic carbocycles. The van der Waals surface area contributed by atoms with E-state index in [2.05, 4.69) is 180 Å². The Morgan fingerprint density at radius 3 is 1.70 bits per heavy atom. The molecule has 0 saturated carbocycles. The van der Waals surface area contributed by atoms with Crippen molar-refractivity contribution in [1.29, 1.82) is 0 Å². The molecule has 0 amide bonds. The van der Waals surface area contributed by atoms with Crippen molar-refractivity contribution >= 4 is 54.0 Å². The van der Waals surface area contributed by atoms with Gasteiger partial charge in [0.05, 0.1) is 29.2 Å². The second kappa shape index (κ2) is 12.6. The van der Waals surface area contributed by atoms with Crippen LogP contribution in [0.25, 0.3) is 93.2 Å². The van der Waals surface area contributed by atoms with E-state index in [1.165, 1.54) is 44.3 Å².